The van der Waals surface area contributed by atoms with Gasteiger partial charge in [-0.2, -0.15) is 13.2 Å². The van der Waals surface area contributed by atoms with Crippen LogP contribution in [0.25, 0.3) is 10.9 Å². The van der Waals surface area contributed by atoms with Gasteiger partial charge in [0.15, 0.2) is 0 Å². The van der Waals surface area contributed by atoms with Crippen LogP contribution in [0.15, 0.2) is 54.7 Å². The third kappa shape index (κ3) is 5.92. The van der Waals surface area contributed by atoms with Crippen LogP contribution in [0.2, 0.25) is 0 Å². The Bertz CT molecular complexity index is 955. The maximum atomic E-state index is 13.1. The fourth-order valence-corrected chi connectivity index (χ4v) is 3.44. The molecule has 160 valence electrons. The van der Waals surface area contributed by atoms with Crippen LogP contribution in [0.3, 0.4) is 0 Å². The number of alkyl halides is 3. The smallest absolute Gasteiger partial charge is 0.384 e. The molecule has 0 aliphatic heterocycles. The molecule has 1 N–H and O–H groups in total. The number of nitrogens with zero attached hydrogens (tertiary/aromatic N) is 2. The average molecular weight is 419 g/mol. The standard InChI is InChI=1S/C23H25F4N3/c1-2-13-30(16-17-4-7-19(24)8-5-17)14-3-11-28-21-10-12-29-22-15-18(23(25,26)27)6-9-20(21)22/h4-10,12,15H,2-3,11,13-14,16H2,1H3,(H,28,29). The van der Waals surface area contributed by atoms with Crippen molar-refractivity contribution in [2.75, 3.05) is 25.0 Å². The summed E-state index contributed by atoms with van der Waals surface area (Å²) in [6.45, 7) is 5.36. The number of halogens is 4. The predicted molar refractivity (Wildman–Crippen MR) is 112 cm³/mol. The van der Waals surface area contributed by atoms with Crippen LogP contribution in [0.1, 0.15) is 30.9 Å². The van der Waals surface area contributed by atoms with Gasteiger partial charge in [0.2, 0.25) is 0 Å². The summed E-state index contributed by atoms with van der Waals surface area (Å²) < 4.78 is 51.8. The van der Waals surface area contributed by atoms with Crippen molar-refractivity contribution < 1.29 is 17.6 Å². The molecule has 0 bridgehead atoms. The quantitative estimate of drug-likeness (QED) is 0.335. The third-order valence-electron chi connectivity index (χ3n) is 4.90. The van der Waals surface area contributed by atoms with Crippen molar-refractivity contribution in [3.8, 4) is 0 Å². The molecule has 1 aromatic heterocycles. The molecule has 0 radical (unpaired) electrons. The van der Waals surface area contributed by atoms with Gasteiger partial charge < -0.3 is 5.32 Å². The topological polar surface area (TPSA) is 28.2 Å². The highest BCUT2D eigenvalue weighted by molar-refractivity contribution is 5.91. The number of nitrogens with one attached hydrogen (secondary N) is 1. The number of benzene rings is 2. The van der Waals surface area contributed by atoms with Gasteiger partial charge in [0.05, 0.1) is 11.1 Å². The summed E-state index contributed by atoms with van der Waals surface area (Å²) in [5, 5.41) is 3.99. The highest BCUT2D eigenvalue weighted by atomic mass is 19.4. The van der Waals surface area contributed by atoms with Crippen LogP contribution < -0.4 is 5.32 Å². The van der Waals surface area contributed by atoms with Gasteiger partial charge in [-0.25, -0.2) is 4.39 Å². The van der Waals surface area contributed by atoms with E-state index >= 15 is 0 Å². The van der Waals surface area contributed by atoms with Crippen LogP contribution in [0, 0.1) is 5.82 Å². The Morgan fingerprint density at radius 3 is 2.47 bits per heavy atom. The molecule has 0 spiro atoms. The van der Waals surface area contributed by atoms with E-state index in [9.17, 15) is 17.6 Å². The summed E-state index contributed by atoms with van der Waals surface area (Å²) in [6, 6.07) is 11.9. The number of pyridine rings is 1. The number of aromatic nitrogens is 1. The molecule has 0 aliphatic carbocycles. The molecule has 0 atom stereocenters. The zero-order valence-electron chi connectivity index (χ0n) is 16.8. The molecule has 3 rings (SSSR count). The molecule has 7 heteroatoms. The lowest BCUT2D eigenvalue weighted by molar-refractivity contribution is -0.137. The fraction of sp³-hybridized carbons (Fsp3) is 0.348. The molecule has 0 aliphatic rings. The molecule has 0 saturated carbocycles. The highest BCUT2D eigenvalue weighted by Gasteiger charge is 2.30. The average Bonchev–Trinajstić information content (AvgIpc) is 2.72. The molecule has 2 aromatic carbocycles. The third-order valence-corrected chi connectivity index (χ3v) is 4.90. The minimum atomic E-state index is -4.38. The van der Waals surface area contributed by atoms with Crippen molar-refractivity contribution >= 4 is 16.6 Å². The van der Waals surface area contributed by atoms with E-state index in [-0.39, 0.29) is 5.82 Å². The van der Waals surface area contributed by atoms with E-state index in [1.807, 2.05) is 0 Å². The van der Waals surface area contributed by atoms with E-state index in [0.717, 1.165) is 55.9 Å². The van der Waals surface area contributed by atoms with Gasteiger partial charge in [0.25, 0.3) is 0 Å². The Hall–Kier alpha value is -2.67. The summed E-state index contributed by atoms with van der Waals surface area (Å²) >= 11 is 0. The van der Waals surface area contributed by atoms with Crippen LogP contribution >= 0.6 is 0 Å². The van der Waals surface area contributed by atoms with E-state index in [1.165, 1.54) is 24.4 Å². The Morgan fingerprint density at radius 2 is 1.77 bits per heavy atom. The number of hydrogen-bond donors (Lipinski definition) is 1. The first kappa shape index (κ1) is 22.0. The second-order valence-electron chi connectivity index (χ2n) is 7.27. The molecule has 1 heterocycles. The minimum Gasteiger partial charge on any atom is -0.384 e. The summed E-state index contributed by atoms with van der Waals surface area (Å²) in [6.07, 6.45) is -0.980. The lowest BCUT2D eigenvalue weighted by atomic mass is 10.1. The van der Waals surface area contributed by atoms with E-state index < -0.39 is 11.7 Å². The summed E-state index contributed by atoms with van der Waals surface area (Å²) in [4.78, 5) is 6.39. The zero-order chi connectivity index (χ0) is 21.6. The molecule has 0 amide bonds. The van der Waals surface area contributed by atoms with Crippen molar-refractivity contribution in [2.24, 2.45) is 0 Å². The largest absolute Gasteiger partial charge is 0.416 e. The first-order valence-corrected chi connectivity index (χ1v) is 10.0. The lowest BCUT2D eigenvalue weighted by Gasteiger charge is -2.22. The van der Waals surface area contributed by atoms with Gasteiger partial charge in [0, 0.05) is 36.9 Å². The van der Waals surface area contributed by atoms with E-state index in [4.69, 9.17) is 0 Å². The van der Waals surface area contributed by atoms with Gasteiger partial charge in [-0.05, 0) is 55.3 Å². The van der Waals surface area contributed by atoms with Gasteiger partial charge in [-0.15, -0.1) is 0 Å². The molecule has 3 nitrogen and oxygen atoms in total. The van der Waals surface area contributed by atoms with Gasteiger partial charge in [-0.1, -0.05) is 25.1 Å². The Labute approximate surface area is 173 Å². The Kier molecular flexibility index (Phi) is 7.26. The zero-order valence-corrected chi connectivity index (χ0v) is 16.8. The Morgan fingerprint density at radius 1 is 1.00 bits per heavy atom. The molecule has 3 aromatic rings. The highest BCUT2D eigenvalue weighted by Crippen LogP contribution is 2.32. The molecular weight excluding hydrogens is 394 g/mol. The van der Waals surface area contributed by atoms with E-state index in [1.54, 1.807) is 18.2 Å². The van der Waals surface area contributed by atoms with Crippen molar-refractivity contribution in [3.05, 3.63) is 71.7 Å². The first-order chi connectivity index (χ1) is 14.4. The van der Waals surface area contributed by atoms with Gasteiger partial charge in [-0.3, -0.25) is 9.88 Å². The van der Waals surface area contributed by atoms with Crippen LogP contribution in [0.5, 0.6) is 0 Å². The van der Waals surface area contributed by atoms with Gasteiger partial charge in [0.1, 0.15) is 5.82 Å². The molecular formula is C23H25F4N3. The maximum absolute atomic E-state index is 13.1. The second kappa shape index (κ2) is 9.89. The summed E-state index contributed by atoms with van der Waals surface area (Å²) in [7, 11) is 0. The molecule has 30 heavy (non-hydrogen) atoms. The van der Waals surface area contributed by atoms with Crippen molar-refractivity contribution in [3.63, 3.8) is 0 Å². The number of fused-ring (bicyclic) bond motifs is 1. The minimum absolute atomic E-state index is 0.239. The summed E-state index contributed by atoms with van der Waals surface area (Å²) in [5.74, 6) is -0.239. The van der Waals surface area contributed by atoms with Crippen LogP contribution in [0.4, 0.5) is 23.2 Å². The first-order valence-electron chi connectivity index (χ1n) is 10.0. The van der Waals surface area contributed by atoms with Crippen molar-refractivity contribution in [2.45, 2.75) is 32.5 Å². The molecule has 0 saturated heterocycles. The van der Waals surface area contributed by atoms with E-state index in [0.29, 0.717) is 17.4 Å². The second-order valence-corrected chi connectivity index (χ2v) is 7.27. The van der Waals surface area contributed by atoms with Gasteiger partial charge >= 0.3 is 6.18 Å². The normalized spacial score (nSPS) is 11.9. The summed E-state index contributed by atoms with van der Waals surface area (Å²) in [5.41, 5.74) is 1.46. The Balaban J connectivity index is 1.58. The SMILES string of the molecule is CCCN(CCCNc1ccnc2cc(C(F)(F)F)ccc12)Cc1ccc(F)cc1. The van der Waals surface area contributed by atoms with Crippen LogP contribution in [-0.2, 0) is 12.7 Å². The fourth-order valence-electron chi connectivity index (χ4n) is 3.44. The molecule has 0 unspecified atom stereocenters. The number of anilines is 1. The predicted octanol–water partition coefficient (Wildman–Crippen LogP) is 6.11. The van der Waals surface area contributed by atoms with E-state index in [2.05, 4.69) is 22.1 Å². The monoisotopic (exact) mass is 419 g/mol. The maximum Gasteiger partial charge on any atom is 0.416 e. The van der Waals surface area contributed by atoms with Crippen molar-refractivity contribution in [1.29, 1.82) is 0 Å². The van der Waals surface area contributed by atoms with Crippen LogP contribution in [-0.4, -0.2) is 29.5 Å². The van der Waals surface area contributed by atoms with Crippen molar-refractivity contribution in [1.82, 2.24) is 9.88 Å². The molecule has 0 fully saturated rings. The number of hydrogen-bond acceptors (Lipinski definition) is 3. The number of rotatable bonds is 9. The lowest BCUT2D eigenvalue weighted by Crippen LogP contribution is -2.26.